The zero-order valence-corrected chi connectivity index (χ0v) is 16.4. The molecule has 29 heavy (non-hydrogen) atoms. The van der Waals surface area contributed by atoms with Gasteiger partial charge in [0.2, 0.25) is 0 Å². The second-order valence-corrected chi connectivity index (χ2v) is 7.92. The highest BCUT2D eigenvalue weighted by Crippen LogP contribution is 2.37. The maximum atomic E-state index is 13.6. The highest BCUT2D eigenvalue weighted by atomic mass is 19.3. The molecule has 0 unspecified atom stereocenters. The van der Waals surface area contributed by atoms with Crippen molar-refractivity contribution in [2.24, 2.45) is 11.8 Å². The lowest BCUT2D eigenvalue weighted by Gasteiger charge is -2.30. The van der Waals surface area contributed by atoms with Gasteiger partial charge in [0, 0.05) is 18.6 Å². The van der Waals surface area contributed by atoms with Crippen molar-refractivity contribution in [3.63, 3.8) is 0 Å². The highest BCUT2D eigenvalue weighted by molar-refractivity contribution is 6.07. The van der Waals surface area contributed by atoms with Crippen molar-refractivity contribution >= 4 is 17.2 Å². The number of fused-ring (bicyclic) bond motifs is 1. The van der Waals surface area contributed by atoms with Crippen molar-refractivity contribution in [1.29, 1.82) is 0 Å². The number of rotatable bonds is 5. The molecule has 3 aromatic rings. The van der Waals surface area contributed by atoms with Crippen LogP contribution in [0.5, 0.6) is 0 Å². The van der Waals surface area contributed by atoms with Gasteiger partial charge in [0.25, 0.3) is 12.3 Å². The van der Waals surface area contributed by atoms with E-state index in [-0.39, 0.29) is 17.4 Å². The molecule has 1 fully saturated rings. The molecule has 9 heteroatoms. The van der Waals surface area contributed by atoms with E-state index in [2.05, 4.69) is 34.2 Å². The number of alkyl halides is 2. The van der Waals surface area contributed by atoms with Gasteiger partial charge in [-0.1, -0.05) is 13.8 Å². The van der Waals surface area contributed by atoms with Crippen LogP contribution in [-0.2, 0) is 0 Å². The molecule has 1 N–H and O–H groups in total. The van der Waals surface area contributed by atoms with E-state index in [1.807, 2.05) is 0 Å². The smallest absolute Gasteiger partial charge is 0.284 e. The van der Waals surface area contributed by atoms with Crippen molar-refractivity contribution in [2.75, 3.05) is 5.32 Å². The van der Waals surface area contributed by atoms with Crippen molar-refractivity contribution in [1.82, 2.24) is 24.1 Å². The zero-order chi connectivity index (χ0) is 20.5. The predicted molar refractivity (Wildman–Crippen MR) is 104 cm³/mol. The Morgan fingerprint density at radius 3 is 2.66 bits per heavy atom. The van der Waals surface area contributed by atoms with Crippen molar-refractivity contribution in [3.05, 3.63) is 42.4 Å². The summed E-state index contributed by atoms with van der Waals surface area (Å²) in [5.41, 5.74) is 0.0490. The molecular formula is C20H24F2N6O. The van der Waals surface area contributed by atoms with Crippen LogP contribution in [0.4, 0.5) is 14.5 Å². The first-order valence-electron chi connectivity index (χ1n) is 9.90. The van der Waals surface area contributed by atoms with Gasteiger partial charge in [-0.25, -0.2) is 18.7 Å². The predicted octanol–water partition coefficient (Wildman–Crippen LogP) is 4.50. The first kappa shape index (κ1) is 19.5. The summed E-state index contributed by atoms with van der Waals surface area (Å²) in [5.74, 6) is 0.701. The van der Waals surface area contributed by atoms with Gasteiger partial charge in [0.1, 0.15) is 6.33 Å². The molecule has 0 bridgehead atoms. The van der Waals surface area contributed by atoms with E-state index in [4.69, 9.17) is 0 Å². The first-order valence-corrected chi connectivity index (χ1v) is 9.90. The number of amides is 1. The maximum absolute atomic E-state index is 13.6. The maximum Gasteiger partial charge on any atom is 0.284 e. The van der Waals surface area contributed by atoms with Crippen molar-refractivity contribution < 1.29 is 13.6 Å². The summed E-state index contributed by atoms with van der Waals surface area (Å²) in [6.07, 6.45) is 7.36. The summed E-state index contributed by atoms with van der Waals surface area (Å²) >= 11 is 0. The van der Waals surface area contributed by atoms with Gasteiger partial charge in [-0.3, -0.25) is 13.9 Å². The molecule has 0 aromatic carbocycles. The monoisotopic (exact) mass is 402 g/mol. The minimum Gasteiger partial charge on any atom is -0.317 e. The number of nitrogens with one attached hydrogen (secondary N) is 1. The third-order valence-corrected chi connectivity index (χ3v) is 5.79. The molecule has 154 valence electrons. The average Bonchev–Trinajstić information content (AvgIpc) is 3.32. The van der Waals surface area contributed by atoms with E-state index < -0.39 is 18.0 Å². The number of hydrogen-bond acceptors (Lipinski definition) is 4. The Kier molecular flexibility index (Phi) is 5.29. The summed E-state index contributed by atoms with van der Waals surface area (Å²) in [7, 11) is 0. The molecule has 0 saturated heterocycles. The van der Waals surface area contributed by atoms with Crippen LogP contribution in [0, 0.1) is 11.8 Å². The van der Waals surface area contributed by atoms with Gasteiger partial charge < -0.3 is 5.32 Å². The Morgan fingerprint density at radius 2 is 1.97 bits per heavy atom. The van der Waals surface area contributed by atoms with Crippen LogP contribution < -0.4 is 5.32 Å². The van der Waals surface area contributed by atoms with E-state index in [0.717, 1.165) is 25.7 Å². The number of anilines is 1. The standard InChI is InChI=1S/C20H24F2N6O/c1-12(2)13-4-6-14(7-5-13)28-10-15(16(26-28)18(21)22)25-20(29)17-19-23-8-3-9-27(19)11-24-17/h3,8-14,18H,4-7H2,1-2H3,(H,25,29). The summed E-state index contributed by atoms with van der Waals surface area (Å²) in [6, 6.07) is 1.78. The average molecular weight is 402 g/mol. The molecule has 1 amide bonds. The molecule has 4 rings (SSSR count). The second kappa shape index (κ2) is 7.88. The fraction of sp³-hybridized carbons (Fsp3) is 0.500. The van der Waals surface area contributed by atoms with E-state index in [1.165, 1.54) is 12.5 Å². The number of carbonyl (C=O) groups is 1. The van der Waals surface area contributed by atoms with Crippen LogP contribution in [0.3, 0.4) is 0 Å². The zero-order valence-electron chi connectivity index (χ0n) is 16.4. The number of aromatic nitrogens is 5. The molecule has 1 aliphatic rings. The van der Waals surface area contributed by atoms with Crippen LogP contribution in [0.15, 0.2) is 31.0 Å². The van der Waals surface area contributed by atoms with Crippen LogP contribution in [0.25, 0.3) is 5.65 Å². The topological polar surface area (TPSA) is 77.1 Å². The minimum atomic E-state index is -2.78. The quantitative estimate of drug-likeness (QED) is 0.682. The molecule has 0 atom stereocenters. The second-order valence-electron chi connectivity index (χ2n) is 7.92. The molecule has 0 spiro atoms. The third-order valence-electron chi connectivity index (χ3n) is 5.79. The Bertz CT molecular complexity index is 1000. The van der Waals surface area contributed by atoms with Crippen LogP contribution in [0.2, 0.25) is 0 Å². The number of halogens is 2. The summed E-state index contributed by atoms with van der Waals surface area (Å²) < 4.78 is 30.3. The normalized spacial score (nSPS) is 19.9. The molecule has 0 radical (unpaired) electrons. The number of hydrogen-bond donors (Lipinski definition) is 1. The van der Waals surface area contributed by atoms with E-state index in [9.17, 15) is 13.6 Å². The Labute approximate surface area is 167 Å². The van der Waals surface area contributed by atoms with Gasteiger partial charge in [-0.15, -0.1) is 0 Å². The lowest BCUT2D eigenvalue weighted by Crippen LogP contribution is -2.21. The van der Waals surface area contributed by atoms with Gasteiger partial charge in [0.05, 0.1) is 11.7 Å². The fourth-order valence-corrected chi connectivity index (χ4v) is 4.06. The largest absolute Gasteiger partial charge is 0.317 e. The number of carbonyl (C=O) groups excluding carboxylic acids is 1. The Balaban J connectivity index is 1.55. The SMILES string of the molecule is CC(C)C1CCC(n2cc(NC(=O)c3ncn4cccnc34)c(C(F)F)n2)CC1. The molecule has 1 aliphatic carbocycles. The Hall–Kier alpha value is -2.84. The highest BCUT2D eigenvalue weighted by Gasteiger charge is 2.28. The van der Waals surface area contributed by atoms with E-state index in [0.29, 0.717) is 17.5 Å². The molecule has 1 saturated carbocycles. The van der Waals surface area contributed by atoms with Crippen LogP contribution in [-0.4, -0.2) is 30.1 Å². The van der Waals surface area contributed by atoms with Gasteiger partial charge in [-0.2, -0.15) is 5.10 Å². The Morgan fingerprint density at radius 1 is 1.21 bits per heavy atom. The third kappa shape index (κ3) is 3.86. The molecule has 0 aliphatic heterocycles. The molecule has 7 nitrogen and oxygen atoms in total. The first-order chi connectivity index (χ1) is 13.9. The number of imidazole rings is 1. The van der Waals surface area contributed by atoms with E-state index >= 15 is 0 Å². The van der Waals surface area contributed by atoms with Crippen molar-refractivity contribution in [2.45, 2.75) is 52.0 Å². The fourth-order valence-electron chi connectivity index (χ4n) is 4.06. The minimum absolute atomic E-state index is 0.0214. The summed E-state index contributed by atoms with van der Waals surface area (Å²) in [5, 5.41) is 6.67. The lowest BCUT2D eigenvalue weighted by molar-refractivity contribution is 0.102. The number of nitrogens with zero attached hydrogens (tertiary/aromatic N) is 5. The molecular weight excluding hydrogens is 378 g/mol. The molecule has 3 heterocycles. The van der Waals surface area contributed by atoms with Crippen molar-refractivity contribution in [3.8, 4) is 0 Å². The lowest BCUT2D eigenvalue weighted by atomic mass is 9.80. The van der Waals surface area contributed by atoms with Gasteiger partial charge in [0.15, 0.2) is 17.0 Å². The van der Waals surface area contributed by atoms with Crippen LogP contribution >= 0.6 is 0 Å². The van der Waals surface area contributed by atoms with Crippen LogP contribution in [0.1, 0.15) is 68.2 Å². The summed E-state index contributed by atoms with van der Waals surface area (Å²) in [4.78, 5) is 20.9. The van der Waals surface area contributed by atoms with Gasteiger partial charge in [-0.05, 0) is 43.6 Å². The summed E-state index contributed by atoms with van der Waals surface area (Å²) in [6.45, 7) is 4.44. The van der Waals surface area contributed by atoms with Gasteiger partial charge >= 0.3 is 0 Å². The van der Waals surface area contributed by atoms with E-state index in [1.54, 1.807) is 27.5 Å². The molecule has 3 aromatic heterocycles.